The first-order valence-electron chi connectivity index (χ1n) is 5.49. The number of nitrogens with one attached hydrogen (secondary N) is 1. The van der Waals surface area contributed by atoms with Crippen LogP contribution >= 0.6 is 11.3 Å². The van der Waals surface area contributed by atoms with Crippen molar-refractivity contribution in [3.63, 3.8) is 0 Å². The quantitative estimate of drug-likeness (QED) is 0.853. The third-order valence-corrected chi connectivity index (χ3v) is 3.51. The first-order valence-corrected chi connectivity index (χ1v) is 6.31. The molecule has 0 atom stereocenters. The van der Waals surface area contributed by atoms with Gasteiger partial charge in [0.1, 0.15) is 16.8 Å². The average molecular weight is 300 g/mol. The number of alkyl halides is 3. The van der Waals surface area contributed by atoms with Crippen LogP contribution in [0, 0.1) is 17.1 Å². The van der Waals surface area contributed by atoms with Crippen molar-refractivity contribution in [3.05, 3.63) is 51.5 Å². The lowest BCUT2D eigenvalue weighted by Crippen LogP contribution is -2.07. The predicted octanol–water partition coefficient (Wildman–Crippen LogP) is 4.39. The van der Waals surface area contributed by atoms with Crippen LogP contribution in [0.15, 0.2) is 30.3 Å². The van der Waals surface area contributed by atoms with Crippen LogP contribution in [-0.4, -0.2) is 0 Å². The normalized spacial score (nSPS) is 11.2. The van der Waals surface area contributed by atoms with Crippen molar-refractivity contribution in [2.45, 2.75) is 12.7 Å². The Morgan fingerprint density at radius 3 is 2.55 bits per heavy atom. The van der Waals surface area contributed by atoms with Gasteiger partial charge in [-0.1, -0.05) is 0 Å². The summed E-state index contributed by atoms with van der Waals surface area (Å²) >= 11 is 1.20. The van der Waals surface area contributed by atoms with Crippen LogP contribution in [0.5, 0.6) is 0 Å². The number of thiophene rings is 1. The maximum absolute atomic E-state index is 13.5. The molecule has 20 heavy (non-hydrogen) atoms. The van der Waals surface area contributed by atoms with Crippen molar-refractivity contribution >= 4 is 17.0 Å². The van der Waals surface area contributed by atoms with Gasteiger partial charge in [0.05, 0.1) is 11.3 Å². The summed E-state index contributed by atoms with van der Waals surface area (Å²) in [6, 6.07) is 7.43. The highest BCUT2D eigenvalue weighted by molar-refractivity contribution is 7.12. The minimum absolute atomic E-state index is 0.157. The van der Waals surface area contributed by atoms with Gasteiger partial charge < -0.3 is 5.32 Å². The molecule has 0 aliphatic heterocycles. The first-order chi connectivity index (χ1) is 9.40. The van der Waals surface area contributed by atoms with Gasteiger partial charge in [-0.25, -0.2) is 4.39 Å². The lowest BCUT2D eigenvalue weighted by molar-refractivity contribution is -0.137. The van der Waals surface area contributed by atoms with Crippen LogP contribution in [0.3, 0.4) is 0 Å². The van der Waals surface area contributed by atoms with Crippen molar-refractivity contribution in [2.75, 3.05) is 5.32 Å². The largest absolute Gasteiger partial charge is 0.416 e. The number of rotatable bonds is 3. The van der Waals surface area contributed by atoms with Crippen LogP contribution in [-0.2, 0) is 12.7 Å². The van der Waals surface area contributed by atoms with Gasteiger partial charge in [-0.05, 0) is 30.3 Å². The van der Waals surface area contributed by atoms with E-state index < -0.39 is 17.6 Å². The van der Waals surface area contributed by atoms with E-state index >= 15 is 0 Å². The molecule has 0 amide bonds. The van der Waals surface area contributed by atoms with Crippen LogP contribution in [0.2, 0.25) is 0 Å². The summed E-state index contributed by atoms with van der Waals surface area (Å²) in [4.78, 5) is 1.23. The van der Waals surface area contributed by atoms with Crippen LogP contribution in [0.1, 0.15) is 15.3 Å². The molecular formula is C13H8F4N2S. The Morgan fingerprint density at radius 2 is 1.95 bits per heavy atom. The second-order valence-corrected chi connectivity index (χ2v) is 5.09. The van der Waals surface area contributed by atoms with Crippen molar-refractivity contribution in [2.24, 2.45) is 0 Å². The SMILES string of the molecule is N#Cc1ccc(CNc2cc(C(F)(F)F)ccc2F)s1. The van der Waals surface area contributed by atoms with E-state index in [0.717, 1.165) is 17.0 Å². The maximum atomic E-state index is 13.5. The van der Waals surface area contributed by atoms with Gasteiger partial charge in [0.15, 0.2) is 0 Å². The summed E-state index contributed by atoms with van der Waals surface area (Å²) in [5.41, 5.74) is -1.13. The summed E-state index contributed by atoms with van der Waals surface area (Å²) in [5, 5.41) is 11.3. The third-order valence-electron chi connectivity index (χ3n) is 2.52. The Balaban J connectivity index is 2.15. The van der Waals surface area contributed by atoms with Crippen molar-refractivity contribution in [1.82, 2.24) is 0 Å². The maximum Gasteiger partial charge on any atom is 0.416 e. The highest BCUT2D eigenvalue weighted by Crippen LogP contribution is 2.32. The summed E-state index contributed by atoms with van der Waals surface area (Å²) in [5.74, 6) is -0.755. The number of hydrogen-bond acceptors (Lipinski definition) is 3. The first kappa shape index (κ1) is 14.3. The number of anilines is 1. The monoisotopic (exact) mass is 300 g/mol. The van der Waals surface area contributed by atoms with E-state index in [1.165, 1.54) is 11.3 Å². The van der Waals surface area contributed by atoms with Gasteiger partial charge in [0, 0.05) is 11.4 Å². The minimum atomic E-state index is -4.51. The van der Waals surface area contributed by atoms with E-state index in [1.807, 2.05) is 6.07 Å². The topological polar surface area (TPSA) is 35.8 Å². The molecule has 0 aliphatic carbocycles. The lowest BCUT2D eigenvalue weighted by atomic mass is 10.2. The fourth-order valence-corrected chi connectivity index (χ4v) is 2.30. The molecule has 7 heteroatoms. The second kappa shape index (κ2) is 5.51. The number of benzene rings is 1. The van der Waals surface area contributed by atoms with Gasteiger partial charge >= 0.3 is 6.18 Å². The molecule has 0 bridgehead atoms. The molecule has 0 saturated carbocycles. The Bertz CT molecular complexity index is 655. The minimum Gasteiger partial charge on any atom is -0.378 e. The molecule has 1 aromatic carbocycles. The standard InChI is InChI=1S/C13H8F4N2S/c14-11-4-1-8(13(15,16)17)5-12(11)19-7-10-3-2-9(6-18)20-10/h1-5,19H,7H2. The fraction of sp³-hybridized carbons (Fsp3) is 0.154. The van der Waals surface area contributed by atoms with E-state index in [0.29, 0.717) is 10.9 Å². The van der Waals surface area contributed by atoms with Crippen LogP contribution < -0.4 is 5.32 Å². The molecule has 1 heterocycles. The lowest BCUT2D eigenvalue weighted by Gasteiger charge is -2.11. The molecule has 0 unspecified atom stereocenters. The Morgan fingerprint density at radius 1 is 1.20 bits per heavy atom. The van der Waals surface area contributed by atoms with E-state index in [2.05, 4.69) is 5.32 Å². The Labute approximate surface area is 116 Å². The van der Waals surface area contributed by atoms with Crippen molar-refractivity contribution in [3.8, 4) is 6.07 Å². The molecule has 2 nitrogen and oxygen atoms in total. The van der Waals surface area contributed by atoms with E-state index in [-0.39, 0.29) is 12.2 Å². The van der Waals surface area contributed by atoms with E-state index in [4.69, 9.17) is 5.26 Å². The van der Waals surface area contributed by atoms with Gasteiger partial charge in [-0.15, -0.1) is 11.3 Å². The molecule has 0 aliphatic rings. The fourth-order valence-electron chi connectivity index (χ4n) is 1.55. The molecule has 0 radical (unpaired) electrons. The highest BCUT2D eigenvalue weighted by atomic mass is 32.1. The van der Waals surface area contributed by atoms with Crippen LogP contribution in [0.4, 0.5) is 23.2 Å². The second-order valence-electron chi connectivity index (χ2n) is 3.92. The van der Waals surface area contributed by atoms with Crippen LogP contribution in [0.25, 0.3) is 0 Å². The van der Waals surface area contributed by atoms with Gasteiger partial charge in [-0.3, -0.25) is 0 Å². The summed E-state index contributed by atoms with van der Waals surface area (Å²) in [6.07, 6.45) is -4.51. The number of nitrogens with zero attached hydrogens (tertiary/aromatic N) is 1. The summed E-state index contributed by atoms with van der Waals surface area (Å²) < 4.78 is 51.0. The van der Waals surface area contributed by atoms with Crippen molar-refractivity contribution in [1.29, 1.82) is 5.26 Å². The molecule has 104 valence electrons. The number of hydrogen-bond donors (Lipinski definition) is 1. The van der Waals surface area contributed by atoms with Gasteiger partial charge in [0.2, 0.25) is 0 Å². The third kappa shape index (κ3) is 3.27. The smallest absolute Gasteiger partial charge is 0.378 e. The molecule has 0 fully saturated rings. The van der Waals surface area contributed by atoms with E-state index in [9.17, 15) is 17.6 Å². The van der Waals surface area contributed by atoms with E-state index in [1.54, 1.807) is 12.1 Å². The molecule has 2 aromatic rings. The Kier molecular flexibility index (Phi) is 3.95. The Hall–Kier alpha value is -2.07. The molecule has 0 saturated heterocycles. The number of nitriles is 1. The zero-order valence-corrected chi connectivity index (χ0v) is 10.8. The van der Waals surface area contributed by atoms with Gasteiger partial charge in [0.25, 0.3) is 0 Å². The zero-order chi connectivity index (χ0) is 14.8. The molecular weight excluding hydrogens is 292 g/mol. The summed E-state index contributed by atoms with van der Waals surface area (Å²) in [6.45, 7) is 0.157. The highest BCUT2D eigenvalue weighted by Gasteiger charge is 2.31. The van der Waals surface area contributed by atoms with Crippen molar-refractivity contribution < 1.29 is 17.6 Å². The molecule has 1 N–H and O–H groups in total. The number of halogens is 4. The molecule has 0 spiro atoms. The zero-order valence-electron chi connectivity index (χ0n) is 9.96. The average Bonchev–Trinajstić information content (AvgIpc) is 2.84. The predicted molar refractivity (Wildman–Crippen MR) is 67.8 cm³/mol. The van der Waals surface area contributed by atoms with Gasteiger partial charge in [-0.2, -0.15) is 18.4 Å². The molecule has 1 aromatic heterocycles. The molecule has 2 rings (SSSR count). The summed E-state index contributed by atoms with van der Waals surface area (Å²) in [7, 11) is 0.